The number of hydrogen-bond donors (Lipinski definition) is 3. The van der Waals surface area contributed by atoms with Gasteiger partial charge in [-0.15, -0.1) is 16.4 Å². The van der Waals surface area contributed by atoms with Gasteiger partial charge < -0.3 is 15.8 Å². The summed E-state index contributed by atoms with van der Waals surface area (Å²) in [6.45, 7) is 3.95. The van der Waals surface area contributed by atoms with Gasteiger partial charge in [-0.25, -0.2) is 4.98 Å². The number of nitrogens with zero attached hydrogens (tertiary/aromatic N) is 2. The highest BCUT2D eigenvalue weighted by atomic mass is 32.2. The zero-order chi connectivity index (χ0) is 20.1. The van der Waals surface area contributed by atoms with Crippen LogP contribution in [0.2, 0.25) is 0 Å². The molecule has 0 saturated heterocycles. The fourth-order valence-electron chi connectivity index (χ4n) is 2.28. The number of aromatic nitrogens is 3. The highest BCUT2D eigenvalue weighted by Crippen LogP contribution is 2.26. The Balaban J connectivity index is 1.55. The minimum absolute atomic E-state index is 0.246. The first kappa shape index (κ1) is 19.9. The Morgan fingerprint density at radius 1 is 1.36 bits per heavy atom. The predicted octanol–water partition coefficient (Wildman–Crippen LogP) is 2.97. The molecule has 2 amide bonds. The number of amides is 2. The molecule has 0 aliphatic carbocycles. The summed E-state index contributed by atoms with van der Waals surface area (Å²) in [7, 11) is 0. The summed E-state index contributed by atoms with van der Waals surface area (Å²) in [6.07, 6.45) is 0. The predicted molar refractivity (Wildman–Crippen MR) is 109 cm³/mol. The molecule has 3 rings (SSSR count). The first-order chi connectivity index (χ1) is 13.4. The van der Waals surface area contributed by atoms with Crippen molar-refractivity contribution in [2.75, 3.05) is 5.32 Å². The normalized spacial score (nSPS) is 11.8. The molecule has 0 spiro atoms. The van der Waals surface area contributed by atoms with E-state index in [-0.39, 0.29) is 12.5 Å². The summed E-state index contributed by atoms with van der Waals surface area (Å²) < 4.78 is 5.73. The van der Waals surface area contributed by atoms with E-state index in [0.29, 0.717) is 21.5 Å². The van der Waals surface area contributed by atoms with E-state index in [0.717, 1.165) is 11.3 Å². The Hall–Kier alpha value is -2.85. The summed E-state index contributed by atoms with van der Waals surface area (Å²) >= 11 is 2.44. The molecular weight excluding hydrogens is 398 g/mol. The van der Waals surface area contributed by atoms with Crippen molar-refractivity contribution in [3.05, 3.63) is 52.7 Å². The van der Waals surface area contributed by atoms with Crippen LogP contribution >= 0.6 is 23.1 Å². The molecule has 0 bridgehead atoms. The van der Waals surface area contributed by atoms with Crippen molar-refractivity contribution in [2.24, 2.45) is 5.73 Å². The molecule has 0 fully saturated rings. The Labute approximate surface area is 169 Å². The second-order valence-corrected chi connectivity index (χ2v) is 8.12. The van der Waals surface area contributed by atoms with Crippen molar-refractivity contribution >= 4 is 39.9 Å². The van der Waals surface area contributed by atoms with Crippen molar-refractivity contribution in [2.45, 2.75) is 30.9 Å². The molecule has 2 heterocycles. The van der Waals surface area contributed by atoms with Crippen LogP contribution in [0.5, 0.6) is 5.75 Å². The fourth-order valence-corrected chi connectivity index (χ4v) is 3.82. The van der Waals surface area contributed by atoms with E-state index < -0.39 is 11.2 Å². The lowest BCUT2D eigenvalue weighted by Crippen LogP contribution is -2.23. The van der Waals surface area contributed by atoms with E-state index in [9.17, 15) is 9.59 Å². The lowest BCUT2D eigenvalue weighted by atomic mass is 10.2. The van der Waals surface area contributed by atoms with Gasteiger partial charge in [-0.2, -0.15) is 0 Å². The van der Waals surface area contributed by atoms with Crippen molar-refractivity contribution < 1.29 is 14.3 Å². The van der Waals surface area contributed by atoms with Gasteiger partial charge in [0.2, 0.25) is 11.1 Å². The number of ether oxygens (including phenoxy) is 1. The number of carbonyl (C=O) groups excluding carboxylic acids is 2. The molecule has 3 aromatic rings. The lowest BCUT2D eigenvalue weighted by molar-refractivity contribution is -0.115. The Kier molecular flexibility index (Phi) is 6.32. The van der Waals surface area contributed by atoms with Crippen LogP contribution in [0.15, 0.2) is 40.9 Å². The van der Waals surface area contributed by atoms with Crippen molar-refractivity contribution in [1.29, 1.82) is 0 Å². The number of nitrogens with two attached hydrogens (primary N) is 1. The first-order valence-electron chi connectivity index (χ1n) is 8.38. The summed E-state index contributed by atoms with van der Waals surface area (Å²) in [5.41, 5.74) is 6.62. The summed E-state index contributed by atoms with van der Waals surface area (Å²) in [5, 5.41) is 11.7. The topological polar surface area (TPSA) is 123 Å². The van der Waals surface area contributed by atoms with Gasteiger partial charge >= 0.3 is 0 Å². The van der Waals surface area contributed by atoms with E-state index >= 15 is 0 Å². The molecule has 1 atom stereocenters. The maximum Gasteiger partial charge on any atom is 0.251 e. The molecule has 0 radical (unpaired) electrons. The van der Waals surface area contributed by atoms with Crippen molar-refractivity contribution in [1.82, 2.24) is 15.2 Å². The number of aryl methyl sites for hydroxylation is 1. The average molecular weight is 418 g/mol. The number of para-hydroxylation sites is 1. The number of benzene rings is 1. The van der Waals surface area contributed by atoms with Gasteiger partial charge in [0.05, 0.1) is 10.8 Å². The van der Waals surface area contributed by atoms with Gasteiger partial charge in [0.1, 0.15) is 17.4 Å². The highest BCUT2D eigenvalue weighted by Gasteiger charge is 2.20. The third kappa shape index (κ3) is 4.90. The SMILES string of the molecule is Cc1ccccc1OCc1nc(S[C@H](C)C(=O)Nc2sccc2C(N)=O)n[nH]1. The maximum atomic E-state index is 12.4. The largest absolute Gasteiger partial charge is 0.485 e. The van der Waals surface area contributed by atoms with E-state index in [1.807, 2.05) is 31.2 Å². The summed E-state index contributed by atoms with van der Waals surface area (Å²) in [5.74, 6) is 0.497. The molecule has 0 aliphatic heterocycles. The molecule has 0 saturated carbocycles. The van der Waals surface area contributed by atoms with Gasteiger partial charge in [0.15, 0.2) is 5.82 Å². The second kappa shape index (κ2) is 8.89. The quantitative estimate of drug-likeness (QED) is 0.484. The molecular formula is C18H19N5O3S2. The van der Waals surface area contributed by atoms with Crippen LogP contribution in [0.1, 0.15) is 28.7 Å². The van der Waals surface area contributed by atoms with Crippen molar-refractivity contribution in [3.8, 4) is 5.75 Å². The number of H-pyrrole nitrogens is 1. The van der Waals surface area contributed by atoms with Gasteiger partial charge in [0.25, 0.3) is 5.91 Å². The third-order valence-electron chi connectivity index (χ3n) is 3.79. The zero-order valence-electron chi connectivity index (χ0n) is 15.3. The molecule has 4 N–H and O–H groups in total. The molecule has 28 heavy (non-hydrogen) atoms. The van der Waals surface area contributed by atoms with Gasteiger partial charge in [-0.05, 0) is 36.9 Å². The van der Waals surface area contributed by atoms with E-state index in [1.165, 1.54) is 23.1 Å². The van der Waals surface area contributed by atoms with Crippen LogP contribution in [0.4, 0.5) is 5.00 Å². The number of hydrogen-bond acceptors (Lipinski definition) is 7. The Bertz CT molecular complexity index is 985. The minimum atomic E-state index is -0.580. The molecule has 10 heteroatoms. The number of thioether (sulfide) groups is 1. The molecule has 0 unspecified atom stereocenters. The van der Waals surface area contributed by atoms with Crippen LogP contribution in [0, 0.1) is 6.92 Å². The number of anilines is 1. The van der Waals surface area contributed by atoms with Crippen LogP contribution in [-0.4, -0.2) is 32.2 Å². The first-order valence-corrected chi connectivity index (χ1v) is 10.1. The number of primary amides is 1. The highest BCUT2D eigenvalue weighted by molar-refractivity contribution is 8.00. The van der Waals surface area contributed by atoms with Gasteiger partial charge in [-0.1, -0.05) is 30.0 Å². The van der Waals surface area contributed by atoms with Crippen LogP contribution in [-0.2, 0) is 11.4 Å². The number of rotatable bonds is 8. The number of thiophene rings is 1. The third-order valence-corrected chi connectivity index (χ3v) is 5.58. The molecule has 0 aliphatic rings. The Morgan fingerprint density at radius 3 is 2.89 bits per heavy atom. The average Bonchev–Trinajstić information content (AvgIpc) is 3.30. The van der Waals surface area contributed by atoms with Gasteiger partial charge in [-0.3, -0.25) is 14.7 Å². The standard InChI is InChI=1S/C18H19N5O3S2/c1-10-5-3-4-6-13(10)26-9-14-20-18(23-22-14)28-11(2)16(25)21-17-12(15(19)24)7-8-27-17/h3-8,11H,9H2,1-2H3,(H2,19,24)(H,21,25)(H,20,22,23)/t11-/m1/s1. The van der Waals surface area contributed by atoms with Crippen LogP contribution in [0.25, 0.3) is 0 Å². The summed E-state index contributed by atoms with van der Waals surface area (Å²) in [6, 6.07) is 9.28. The van der Waals surface area contributed by atoms with Crippen LogP contribution < -0.4 is 15.8 Å². The smallest absolute Gasteiger partial charge is 0.251 e. The van der Waals surface area contributed by atoms with E-state index in [1.54, 1.807) is 18.4 Å². The molecule has 146 valence electrons. The molecule has 2 aromatic heterocycles. The van der Waals surface area contributed by atoms with E-state index in [4.69, 9.17) is 10.5 Å². The zero-order valence-corrected chi connectivity index (χ0v) is 16.9. The monoisotopic (exact) mass is 417 g/mol. The van der Waals surface area contributed by atoms with Crippen LogP contribution in [0.3, 0.4) is 0 Å². The Morgan fingerprint density at radius 2 is 2.14 bits per heavy atom. The number of nitrogens with one attached hydrogen (secondary N) is 2. The second-order valence-electron chi connectivity index (χ2n) is 5.90. The van der Waals surface area contributed by atoms with Crippen molar-refractivity contribution in [3.63, 3.8) is 0 Å². The molecule has 1 aromatic carbocycles. The van der Waals surface area contributed by atoms with Gasteiger partial charge in [0, 0.05) is 0 Å². The summed E-state index contributed by atoms with van der Waals surface area (Å²) in [4.78, 5) is 28.1. The number of carbonyl (C=O) groups is 2. The van der Waals surface area contributed by atoms with E-state index in [2.05, 4.69) is 20.5 Å². The fraction of sp³-hybridized carbons (Fsp3) is 0.222. The number of aromatic amines is 1. The molecule has 8 nitrogen and oxygen atoms in total. The lowest BCUT2D eigenvalue weighted by Gasteiger charge is -2.09. The maximum absolute atomic E-state index is 12.4. The minimum Gasteiger partial charge on any atom is -0.485 e.